The summed E-state index contributed by atoms with van der Waals surface area (Å²) in [5.74, 6) is 0.435. The molecule has 192 valence electrons. The maximum atomic E-state index is 12.6. The standard InChI is InChI=1S/C30H21N9O/c40-25(13-18-5-2-1-3-6-18)34-21-14-20(16-32-17-21)23-8-9-24-27(35-23)28(39-38-24)30-36-26-22(10-12-33-29(26)37-30)19-7-4-11-31-15-19/h1-12,14-17H,13H2,(H,34,40)(H,38,39)(H,33,36,37). The zero-order valence-electron chi connectivity index (χ0n) is 21.0. The lowest BCUT2D eigenvalue weighted by atomic mass is 10.1. The summed E-state index contributed by atoms with van der Waals surface area (Å²) in [7, 11) is 0. The first-order valence-corrected chi connectivity index (χ1v) is 12.6. The Bertz CT molecular complexity index is 1980. The lowest BCUT2D eigenvalue weighted by molar-refractivity contribution is -0.115. The minimum Gasteiger partial charge on any atom is -0.335 e. The topological polar surface area (TPSA) is 138 Å². The Morgan fingerprint density at radius 2 is 1.75 bits per heavy atom. The maximum Gasteiger partial charge on any atom is 0.228 e. The Kier molecular flexibility index (Phi) is 5.74. The van der Waals surface area contributed by atoms with Crippen LogP contribution in [0.15, 0.2) is 97.7 Å². The highest BCUT2D eigenvalue weighted by atomic mass is 16.1. The molecule has 7 aromatic rings. The van der Waals surface area contributed by atoms with E-state index in [-0.39, 0.29) is 12.3 Å². The molecular weight excluding hydrogens is 502 g/mol. The van der Waals surface area contributed by atoms with Gasteiger partial charge in [-0.15, -0.1) is 0 Å². The number of pyridine rings is 4. The van der Waals surface area contributed by atoms with Gasteiger partial charge in [0.1, 0.15) is 5.52 Å². The molecule has 1 amide bonds. The van der Waals surface area contributed by atoms with Crippen molar-refractivity contribution in [3.05, 3.63) is 103 Å². The minimum absolute atomic E-state index is 0.116. The molecule has 40 heavy (non-hydrogen) atoms. The molecule has 0 aliphatic heterocycles. The fourth-order valence-corrected chi connectivity index (χ4v) is 4.65. The summed E-state index contributed by atoms with van der Waals surface area (Å²) in [5, 5.41) is 10.5. The number of rotatable bonds is 6. The number of imidazole rings is 1. The van der Waals surface area contributed by atoms with E-state index in [9.17, 15) is 4.79 Å². The quantitative estimate of drug-likeness (QED) is 0.272. The number of amides is 1. The molecule has 3 N–H and O–H groups in total. The molecule has 0 aliphatic carbocycles. The molecule has 0 spiro atoms. The predicted molar refractivity (Wildman–Crippen MR) is 152 cm³/mol. The molecule has 10 nitrogen and oxygen atoms in total. The molecule has 6 aromatic heterocycles. The fraction of sp³-hybridized carbons (Fsp3) is 0.0333. The van der Waals surface area contributed by atoms with Gasteiger partial charge >= 0.3 is 0 Å². The predicted octanol–water partition coefficient (Wildman–Crippen LogP) is 5.20. The molecule has 10 heteroatoms. The van der Waals surface area contributed by atoms with E-state index < -0.39 is 0 Å². The summed E-state index contributed by atoms with van der Waals surface area (Å²) in [6.07, 6.45) is 8.89. The molecule has 0 radical (unpaired) electrons. The number of fused-ring (bicyclic) bond motifs is 2. The highest BCUT2D eigenvalue weighted by molar-refractivity contribution is 5.95. The number of anilines is 1. The number of aromatic amines is 2. The number of carbonyl (C=O) groups excluding carboxylic acids is 1. The van der Waals surface area contributed by atoms with E-state index in [0.29, 0.717) is 34.1 Å². The molecular formula is C30H21N9O. The van der Waals surface area contributed by atoms with E-state index in [4.69, 9.17) is 9.97 Å². The Labute approximate surface area is 227 Å². The van der Waals surface area contributed by atoms with Crippen LogP contribution in [-0.4, -0.2) is 46.0 Å². The second-order valence-electron chi connectivity index (χ2n) is 9.22. The van der Waals surface area contributed by atoms with Gasteiger partial charge in [-0.2, -0.15) is 5.10 Å². The SMILES string of the molecule is O=C(Cc1ccccc1)Nc1cncc(-c2ccc3[nH]nc(-c4nc5nccc(-c6cccnc6)c5[nH]4)c3n2)c1. The van der Waals surface area contributed by atoms with Crippen LogP contribution < -0.4 is 5.32 Å². The van der Waals surface area contributed by atoms with Crippen molar-refractivity contribution >= 4 is 33.8 Å². The van der Waals surface area contributed by atoms with Gasteiger partial charge in [-0.05, 0) is 35.9 Å². The Balaban J connectivity index is 1.21. The Morgan fingerprint density at radius 3 is 2.62 bits per heavy atom. The summed E-state index contributed by atoms with van der Waals surface area (Å²) in [5.41, 5.74) is 8.25. The number of hydrogen-bond donors (Lipinski definition) is 3. The van der Waals surface area contributed by atoms with Crippen molar-refractivity contribution in [2.75, 3.05) is 5.32 Å². The molecule has 0 bridgehead atoms. The van der Waals surface area contributed by atoms with Crippen molar-refractivity contribution in [1.29, 1.82) is 0 Å². The van der Waals surface area contributed by atoms with Gasteiger partial charge in [0.15, 0.2) is 17.2 Å². The smallest absolute Gasteiger partial charge is 0.228 e. The lowest BCUT2D eigenvalue weighted by Crippen LogP contribution is -2.14. The van der Waals surface area contributed by atoms with E-state index in [1.807, 2.05) is 66.7 Å². The van der Waals surface area contributed by atoms with Crippen molar-refractivity contribution < 1.29 is 4.79 Å². The highest BCUT2D eigenvalue weighted by Gasteiger charge is 2.17. The molecule has 0 saturated carbocycles. The largest absolute Gasteiger partial charge is 0.335 e. The van der Waals surface area contributed by atoms with Crippen LogP contribution in [0.5, 0.6) is 0 Å². The van der Waals surface area contributed by atoms with Gasteiger partial charge in [0.25, 0.3) is 0 Å². The summed E-state index contributed by atoms with van der Waals surface area (Å²) in [6.45, 7) is 0. The average molecular weight is 524 g/mol. The van der Waals surface area contributed by atoms with E-state index in [1.165, 1.54) is 0 Å². The van der Waals surface area contributed by atoms with Crippen LogP contribution in [0.25, 0.3) is 56.1 Å². The zero-order chi connectivity index (χ0) is 26.9. The van der Waals surface area contributed by atoms with Gasteiger partial charge in [-0.1, -0.05) is 36.4 Å². The van der Waals surface area contributed by atoms with Crippen molar-refractivity contribution in [1.82, 2.24) is 40.1 Å². The zero-order valence-corrected chi connectivity index (χ0v) is 21.0. The van der Waals surface area contributed by atoms with Gasteiger partial charge in [0.05, 0.1) is 35.0 Å². The van der Waals surface area contributed by atoms with E-state index in [0.717, 1.165) is 33.3 Å². The molecule has 7 rings (SSSR count). The maximum absolute atomic E-state index is 12.6. The normalized spacial score (nSPS) is 11.2. The molecule has 0 unspecified atom stereocenters. The number of benzene rings is 1. The number of nitrogens with zero attached hydrogens (tertiary/aromatic N) is 6. The van der Waals surface area contributed by atoms with E-state index >= 15 is 0 Å². The van der Waals surface area contributed by atoms with Gasteiger partial charge < -0.3 is 10.3 Å². The molecule has 0 saturated heterocycles. The van der Waals surface area contributed by atoms with Crippen LogP contribution in [0, 0.1) is 0 Å². The third-order valence-electron chi connectivity index (χ3n) is 6.52. The van der Waals surface area contributed by atoms with Gasteiger partial charge in [0, 0.05) is 41.5 Å². The number of nitrogens with one attached hydrogen (secondary N) is 3. The van der Waals surface area contributed by atoms with Crippen LogP contribution in [0.4, 0.5) is 5.69 Å². The second kappa shape index (κ2) is 9.84. The first-order chi connectivity index (χ1) is 19.7. The summed E-state index contributed by atoms with van der Waals surface area (Å²) >= 11 is 0. The summed E-state index contributed by atoms with van der Waals surface area (Å²) in [4.78, 5) is 38.5. The molecule has 0 atom stereocenters. The van der Waals surface area contributed by atoms with Crippen LogP contribution >= 0.6 is 0 Å². The number of H-pyrrole nitrogens is 2. The van der Waals surface area contributed by atoms with Crippen LogP contribution in [-0.2, 0) is 11.2 Å². The molecule has 0 fully saturated rings. The first-order valence-electron chi connectivity index (χ1n) is 12.6. The van der Waals surface area contributed by atoms with Crippen LogP contribution in [0.3, 0.4) is 0 Å². The minimum atomic E-state index is -0.116. The molecule has 1 aromatic carbocycles. The number of hydrogen-bond acceptors (Lipinski definition) is 7. The van der Waals surface area contributed by atoms with E-state index in [1.54, 1.807) is 31.0 Å². The van der Waals surface area contributed by atoms with Crippen molar-refractivity contribution in [3.63, 3.8) is 0 Å². The fourth-order valence-electron chi connectivity index (χ4n) is 4.65. The number of aromatic nitrogens is 8. The Morgan fingerprint density at radius 1 is 0.850 bits per heavy atom. The second-order valence-corrected chi connectivity index (χ2v) is 9.22. The van der Waals surface area contributed by atoms with E-state index in [2.05, 4.69) is 35.5 Å². The van der Waals surface area contributed by atoms with Crippen molar-refractivity contribution in [2.24, 2.45) is 0 Å². The third-order valence-corrected chi connectivity index (χ3v) is 6.52. The average Bonchev–Trinajstić information content (AvgIpc) is 3.62. The third kappa shape index (κ3) is 4.43. The monoisotopic (exact) mass is 523 g/mol. The van der Waals surface area contributed by atoms with Crippen LogP contribution in [0.1, 0.15) is 5.56 Å². The summed E-state index contributed by atoms with van der Waals surface area (Å²) in [6, 6.07) is 21.1. The van der Waals surface area contributed by atoms with Gasteiger partial charge in [-0.25, -0.2) is 15.0 Å². The lowest BCUT2D eigenvalue weighted by Gasteiger charge is -2.07. The Hall–Kier alpha value is -5.77. The highest BCUT2D eigenvalue weighted by Crippen LogP contribution is 2.31. The van der Waals surface area contributed by atoms with Crippen molar-refractivity contribution in [3.8, 4) is 33.9 Å². The number of carbonyl (C=O) groups is 1. The van der Waals surface area contributed by atoms with Crippen molar-refractivity contribution in [2.45, 2.75) is 6.42 Å². The first kappa shape index (κ1) is 23.4. The molecule has 0 aliphatic rings. The molecule has 6 heterocycles. The van der Waals surface area contributed by atoms with Crippen LogP contribution in [0.2, 0.25) is 0 Å². The summed E-state index contributed by atoms with van der Waals surface area (Å²) < 4.78 is 0. The van der Waals surface area contributed by atoms with Gasteiger partial charge in [0.2, 0.25) is 5.91 Å². The van der Waals surface area contributed by atoms with Gasteiger partial charge in [-0.3, -0.25) is 19.9 Å².